The van der Waals surface area contributed by atoms with Crippen LogP contribution in [0, 0.1) is 11.8 Å². The normalized spacial score (nSPS) is 23.2. The number of benzene rings is 2. The van der Waals surface area contributed by atoms with Gasteiger partial charge >= 0.3 is 0 Å². The summed E-state index contributed by atoms with van der Waals surface area (Å²) in [5.41, 5.74) is -0.435. The minimum Gasteiger partial charge on any atom is -0.494 e. The lowest BCUT2D eigenvalue weighted by atomic mass is 9.90. The first-order valence-electron chi connectivity index (χ1n) is 16.7. The summed E-state index contributed by atoms with van der Waals surface area (Å²) in [4.78, 5) is 15.6. The van der Waals surface area contributed by atoms with Crippen LogP contribution in [0.25, 0.3) is 0 Å². The van der Waals surface area contributed by atoms with E-state index in [2.05, 4.69) is 6.92 Å². The fourth-order valence-electron chi connectivity index (χ4n) is 7.34. The average Bonchev–Trinajstić information content (AvgIpc) is 3.31. The largest absolute Gasteiger partial charge is 0.494 e. The predicted octanol–water partition coefficient (Wildman–Crippen LogP) is 7.40. The van der Waals surface area contributed by atoms with Gasteiger partial charge in [0, 0.05) is 24.7 Å². The molecule has 2 bridgehead atoms. The molecule has 0 aromatic heterocycles. The molecule has 2 heterocycles. The molecule has 0 N–H and O–H groups in total. The Kier molecular flexibility index (Phi) is 10.7. The fourth-order valence-corrected chi connectivity index (χ4v) is 8.65. The molecule has 5 rings (SSSR count). The Morgan fingerprint density at radius 3 is 2.11 bits per heavy atom. The number of fused-ring (bicyclic) bond motifs is 2. The van der Waals surface area contributed by atoms with Crippen molar-refractivity contribution in [2.75, 3.05) is 20.3 Å². The minimum atomic E-state index is -4.49. The van der Waals surface area contributed by atoms with E-state index in [0.29, 0.717) is 40.9 Å². The van der Waals surface area contributed by atoms with Crippen LogP contribution in [-0.4, -0.2) is 61.9 Å². The number of carbonyl (C=O) groups excluding carboxylic acids is 1. The second kappa shape index (κ2) is 14.4. The Labute approximate surface area is 267 Å². The van der Waals surface area contributed by atoms with Crippen molar-refractivity contribution in [3.63, 3.8) is 0 Å². The van der Waals surface area contributed by atoms with Crippen molar-refractivity contribution in [3.05, 3.63) is 54.1 Å². The highest BCUT2D eigenvalue weighted by atomic mass is 32.2. The highest BCUT2D eigenvalue weighted by Crippen LogP contribution is 2.43. The van der Waals surface area contributed by atoms with E-state index in [1.165, 1.54) is 55.7 Å². The maximum absolute atomic E-state index is 16.6. The lowest BCUT2D eigenvalue weighted by Crippen LogP contribution is -2.60. The van der Waals surface area contributed by atoms with Crippen LogP contribution in [0.15, 0.2) is 53.4 Å². The van der Waals surface area contributed by atoms with Crippen molar-refractivity contribution in [3.8, 4) is 11.5 Å². The van der Waals surface area contributed by atoms with E-state index in [1.54, 1.807) is 17.0 Å². The maximum Gasteiger partial charge on any atom is 0.298 e. The number of ether oxygens (including phenoxy) is 2. The smallest absolute Gasteiger partial charge is 0.298 e. The van der Waals surface area contributed by atoms with Gasteiger partial charge in [-0.3, -0.25) is 4.79 Å². The van der Waals surface area contributed by atoms with Crippen LogP contribution in [0.1, 0.15) is 90.0 Å². The van der Waals surface area contributed by atoms with Gasteiger partial charge in [-0.1, -0.05) is 39.5 Å². The molecule has 3 atom stereocenters. The van der Waals surface area contributed by atoms with E-state index < -0.39 is 33.5 Å². The Bertz CT molecular complexity index is 1370. The first-order chi connectivity index (χ1) is 21.5. The number of amides is 1. The Balaban J connectivity index is 1.41. The number of hydrogen-bond acceptors (Lipinski definition) is 5. The summed E-state index contributed by atoms with van der Waals surface area (Å²) in [6, 6.07) is 8.62. The van der Waals surface area contributed by atoms with Gasteiger partial charge < -0.3 is 14.4 Å². The Morgan fingerprint density at radius 1 is 0.933 bits per heavy atom. The van der Waals surface area contributed by atoms with Crippen LogP contribution < -0.4 is 9.47 Å². The Morgan fingerprint density at radius 2 is 1.51 bits per heavy atom. The molecule has 248 valence electrons. The van der Waals surface area contributed by atoms with E-state index in [1.807, 2.05) is 6.92 Å². The molecule has 1 aliphatic carbocycles. The van der Waals surface area contributed by atoms with Crippen molar-refractivity contribution in [1.82, 2.24) is 9.21 Å². The zero-order chi connectivity index (χ0) is 32.2. The lowest BCUT2D eigenvalue weighted by molar-refractivity contribution is -0.155. The number of hydrogen-bond donors (Lipinski definition) is 0. The molecule has 2 saturated heterocycles. The number of carbonyl (C=O) groups is 1. The molecule has 45 heavy (non-hydrogen) atoms. The zero-order valence-corrected chi connectivity index (χ0v) is 27.6. The first kappa shape index (κ1) is 33.6. The number of piperidine rings is 1. The van der Waals surface area contributed by atoms with Crippen LogP contribution in [0.2, 0.25) is 0 Å². The predicted molar refractivity (Wildman–Crippen MR) is 170 cm³/mol. The van der Waals surface area contributed by atoms with E-state index in [4.69, 9.17) is 9.47 Å². The van der Waals surface area contributed by atoms with Crippen LogP contribution in [0.3, 0.4) is 0 Å². The number of alkyl halides is 2. The second-order valence-corrected chi connectivity index (χ2v) is 15.3. The first-order valence-corrected chi connectivity index (χ1v) is 18.1. The molecule has 10 heteroatoms. The SMILES string of the molecule is CCCCOc1ccc(C(F)(F)C(C(=O)N2C3CCC2CC(C)C3)N(C)S(=O)(=O)c2ccc(OCC3CCCCC3)cc2)cc1. The highest BCUT2D eigenvalue weighted by Gasteiger charge is 2.56. The summed E-state index contributed by atoms with van der Waals surface area (Å²) >= 11 is 0. The summed E-state index contributed by atoms with van der Waals surface area (Å²) < 4.78 is 73.3. The standard InChI is InChI=1S/C35H48F2N2O5S/c1-4-5-21-43-30-15-11-27(12-16-30)35(36,37)33(34(40)39-28-13-14-29(39)23-25(2)22-28)38(3)45(41,42)32-19-17-31(18-20-32)44-24-26-9-7-6-8-10-26/h11-12,15-20,25-26,28-29,33H,4-10,13-14,21-24H2,1-3H3. The zero-order valence-electron chi connectivity index (χ0n) is 26.8. The van der Waals surface area contributed by atoms with Gasteiger partial charge in [0.2, 0.25) is 15.9 Å². The molecule has 3 unspecified atom stereocenters. The molecule has 0 spiro atoms. The van der Waals surface area contributed by atoms with E-state index in [0.717, 1.165) is 58.4 Å². The van der Waals surface area contributed by atoms with E-state index in [-0.39, 0.29) is 17.0 Å². The van der Waals surface area contributed by atoms with Gasteiger partial charge in [0.05, 0.1) is 18.1 Å². The maximum atomic E-state index is 16.6. The third kappa shape index (κ3) is 7.48. The molecule has 7 nitrogen and oxygen atoms in total. The van der Waals surface area contributed by atoms with Gasteiger partial charge in [0.25, 0.3) is 5.92 Å². The molecule has 1 amide bonds. The number of rotatable bonds is 13. The van der Waals surface area contributed by atoms with E-state index >= 15 is 8.78 Å². The van der Waals surface area contributed by atoms with Crippen LogP contribution in [0.4, 0.5) is 8.78 Å². The van der Waals surface area contributed by atoms with Crippen molar-refractivity contribution in [1.29, 1.82) is 0 Å². The molecule has 0 radical (unpaired) electrons. The highest BCUT2D eigenvalue weighted by molar-refractivity contribution is 7.89. The van der Waals surface area contributed by atoms with Crippen LogP contribution >= 0.6 is 0 Å². The van der Waals surface area contributed by atoms with Crippen molar-refractivity contribution in [2.24, 2.45) is 11.8 Å². The number of halogens is 2. The summed E-state index contributed by atoms with van der Waals surface area (Å²) in [5, 5.41) is 0. The molecule has 3 aliphatic rings. The van der Waals surface area contributed by atoms with Gasteiger partial charge in [-0.15, -0.1) is 0 Å². The number of sulfonamides is 1. The van der Waals surface area contributed by atoms with Crippen molar-refractivity contribution in [2.45, 2.75) is 113 Å². The monoisotopic (exact) mass is 646 g/mol. The Hall–Kier alpha value is -2.72. The molecule has 2 aromatic rings. The second-order valence-electron chi connectivity index (χ2n) is 13.3. The van der Waals surface area contributed by atoms with Gasteiger partial charge in [0.1, 0.15) is 11.5 Å². The van der Waals surface area contributed by atoms with Crippen LogP contribution in [0.5, 0.6) is 11.5 Å². The molecular weight excluding hydrogens is 598 g/mol. The molecule has 3 fully saturated rings. The molecule has 2 aliphatic heterocycles. The van der Waals surface area contributed by atoms with Crippen molar-refractivity contribution >= 4 is 15.9 Å². The summed E-state index contributed by atoms with van der Waals surface area (Å²) in [6.07, 6.45) is 10.6. The molecule has 2 aromatic carbocycles. The van der Waals surface area contributed by atoms with Gasteiger partial charge in [0.15, 0.2) is 6.04 Å². The minimum absolute atomic E-state index is 0.168. The number of likely N-dealkylation sites (N-methyl/N-ethyl adjacent to an activating group) is 1. The van der Waals surface area contributed by atoms with E-state index in [9.17, 15) is 13.2 Å². The summed E-state index contributed by atoms with van der Waals surface area (Å²) in [5.74, 6) is -2.83. The van der Waals surface area contributed by atoms with Gasteiger partial charge in [-0.25, -0.2) is 8.42 Å². The van der Waals surface area contributed by atoms with Crippen molar-refractivity contribution < 1.29 is 31.5 Å². The quantitative estimate of drug-likeness (QED) is 0.212. The summed E-state index contributed by atoms with van der Waals surface area (Å²) in [6.45, 7) is 5.18. The third-order valence-corrected chi connectivity index (χ3v) is 11.7. The number of unbranched alkanes of at least 4 members (excludes halogenated alkanes) is 1. The summed E-state index contributed by atoms with van der Waals surface area (Å²) in [7, 11) is -3.39. The molecule has 1 saturated carbocycles. The molecular formula is C35H48F2N2O5S. The lowest BCUT2D eigenvalue weighted by Gasteiger charge is -2.42. The topological polar surface area (TPSA) is 76.2 Å². The van der Waals surface area contributed by atoms with Gasteiger partial charge in [-0.05, 0) is 105 Å². The van der Waals surface area contributed by atoms with Gasteiger partial charge in [-0.2, -0.15) is 13.1 Å². The fraction of sp³-hybridized carbons (Fsp3) is 0.629. The third-order valence-electron chi connectivity index (χ3n) is 9.88. The van der Waals surface area contributed by atoms with Crippen LogP contribution in [-0.2, 0) is 20.7 Å². The number of nitrogens with zero attached hydrogens (tertiary/aromatic N) is 2. The average molecular weight is 647 g/mol.